The number of benzene rings is 1. The Morgan fingerprint density at radius 3 is 2.58 bits per heavy atom. The Kier molecular flexibility index (Phi) is 8.32. The number of aromatic amines is 1. The van der Waals surface area contributed by atoms with Crippen LogP contribution in [0.25, 0.3) is 0 Å². The molecule has 1 aromatic carbocycles. The summed E-state index contributed by atoms with van der Waals surface area (Å²) in [6.45, 7) is 3.45. The Balaban J connectivity index is 0.000000360. The van der Waals surface area contributed by atoms with Crippen molar-refractivity contribution >= 4 is 17.7 Å². The van der Waals surface area contributed by atoms with E-state index >= 15 is 0 Å². The molecule has 2 aliphatic rings. The SMILES string of the molecule is Cn1nccc1NC(=O)CN1CC2C(CNCc3cccc(OC(F)(F)F)c3)C2C1.O=C(O)c1cnc[nH]1. The lowest BCUT2D eigenvalue weighted by Crippen LogP contribution is -2.35. The Bertz CT molecular complexity index is 1220. The lowest BCUT2D eigenvalue weighted by molar-refractivity contribution is -0.274. The zero-order valence-electron chi connectivity index (χ0n) is 20.5. The maximum Gasteiger partial charge on any atom is 0.573 e. The maximum atomic E-state index is 12.3. The highest BCUT2D eigenvalue weighted by atomic mass is 19.4. The smallest absolute Gasteiger partial charge is 0.477 e. The minimum atomic E-state index is -4.68. The summed E-state index contributed by atoms with van der Waals surface area (Å²) in [6, 6.07) is 7.77. The lowest BCUT2D eigenvalue weighted by atomic mass is 10.2. The van der Waals surface area contributed by atoms with Crippen LogP contribution in [0.15, 0.2) is 49.1 Å². The van der Waals surface area contributed by atoms with Gasteiger partial charge in [0.1, 0.15) is 17.3 Å². The molecule has 1 saturated heterocycles. The number of nitrogens with one attached hydrogen (secondary N) is 3. The molecule has 2 atom stereocenters. The van der Waals surface area contributed by atoms with Gasteiger partial charge in [-0.2, -0.15) is 5.10 Å². The standard InChI is InChI=1S/C20H24F3N5O2.C4H4N2O2/c1-27-18(5-6-25-27)26-19(29)12-28-10-16-15(17(16)11-28)9-24-8-13-3-2-4-14(7-13)30-20(21,22)23;7-4(8)3-1-5-2-6-3/h2-7,15-17,24H,8-12H2,1H3,(H,26,29);1-2H,(H,5,6)(H,7,8). The lowest BCUT2D eigenvalue weighted by Gasteiger charge is -2.19. The number of halogens is 3. The van der Waals surface area contributed by atoms with Crippen molar-refractivity contribution in [2.24, 2.45) is 24.8 Å². The van der Waals surface area contributed by atoms with Crippen molar-refractivity contribution in [1.82, 2.24) is 30.0 Å². The molecule has 0 spiro atoms. The van der Waals surface area contributed by atoms with Crippen LogP contribution in [0.1, 0.15) is 16.1 Å². The second-order valence-electron chi connectivity index (χ2n) is 9.17. The number of anilines is 1. The first kappa shape index (κ1) is 27.1. The monoisotopic (exact) mass is 535 g/mol. The molecule has 2 unspecified atom stereocenters. The summed E-state index contributed by atoms with van der Waals surface area (Å²) < 4.78 is 42.5. The van der Waals surface area contributed by atoms with Gasteiger partial charge in [-0.1, -0.05) is 12.1 Å². The van der Waals surface area contributed by atoms with Gasteiger partial charge < -0.3 is 25.5 Å². The summed E-state index contributed by atoms with van der Waals surface area (Å²) in [5.74, 6) is 1.14. The number of H-pyrrole nitrogens is 1. The third-order valence-electron chi connectivity index (χ3n) is 6.47. The van der Waals surface area contributed by atoms with Gasteiger partial charge in [0.15, 0.2) is 0 Å². The Morgan fingerprint density at radius 2 is 2.00 bits per heavy atom. The van der Waals surface area contributed by atoms with Crippen molar-refractivity contribution in [2.75, 3.05) is 31.5 Å². The third-order valence-corrected chi connectivity index (χ3v) is 6.47. The van der Waals surface area contributed by atoms with E-state index in [4.69, 9.17) is 5.11 Å². The Labute approximate surface area is 216 Å². The van der Waals surface area contributed by atoms with Gasteiger partial charge in [-0.15, -0.1) is 13.2 Å². The molecule has 38 heavy (non-hydrogen) atoms. The molecule has 1 aliphatic carbocycles. The number of hydrogen-bond acceptors (Lipinski definition) is 7. The quantitative estimate of drug-likeness (QED) is 0.328. The number of aromatic carboxylic acids is 1. The molecule has 4 N–H and O–H groups in total. The molecule has 0 bridgehead atoms. The van der Waals surface area contributed by atoms with E-state index in [1.807, 2.05) is 0 Å². The number of aromatic nitrogens is 4. The van der Waals surface area contributed by atoms with E-state index in [0.717, 1.165) is 25.2 Å². The van der Waals surface area contributed by atoms with E-state index in [1.54, 1.807) is 36.1 Å². The van der Waals surface area contributed by atoms with Gasteiger partial charge in [-0.3, -0.25) is 14.4 Å². The number of carbonyl (C=O) groups excluding carboxylic acids is 1. The van der Waals surface area contributed by atoms with E-state index in [2.05, 4.69) is 35.3 Å². The van der Waals surface area contributed by atoms with Gasteiger partial charge >= 0.3 is 12.3 Å². The normalized spacial score (nSPS) is 20.3. The summed E-state index contributed by atoms with van der Waals surface area (Å²) in [5, 5.41) is 18.4. The van der Waals surface area contributed by atoms with Crippen molar-refractivity contribution in [2.45, 2.75) is 12.9 Å². The fourth-order valence-electron chi connectivity index (χ4n) is 4.66. The van der Waals surface area contributed by atoms with Crippen molar-refractivity contribution in [3.8, 4) is 5.75 Å². The van der Waals surface area contributed by atoms with Gasteiger partial charge in [0.2, 0.25) is 5.91 Å². The molecule has 2 fully saturated rings. The van der Waals surface area contributed by atoms with Gasteiger partial charge in [0.25, 0.3) is 0 Å². The van der Waals surface area contributed by atoms with Crippen LogP contribution < -0.4 is 15.4 Å². The molecule has 5 rings (SSSR count). The number of fused-ring (bicyclic) bond motifs is 1. The largest absolute Gasteiger partial charge is 0.573 e. The summed E-state index contributed by atoms with van der Waals surface area (Å²) in [6.07, 6.45) is -0.471. The fraction of sp³-hybridized carbons (Fsp3) is 0.417. The van der Waals surface area contributed by atoms with E-state index < -0.39 is 12.3 Å². The molecule has 3 heterocycles. The van der Waals surface area contributed by atoms with E-state index in [1.165, 1.54) is 24.7 Å². The number of nitrogens with zero attached hydrogens (tertiary/aromatic N) is 4. The number of likely N-dealkylation sites (tertiary alicyclic amines) is 1. The second kappa shape index (κ2) is 11.6. The molecule has 1 saturated carbocycles. The summed E-state index contributed by atoms with van der Waals surface area (Å²) >= 11 is 0. The number of alkyl halides is 3. The van der Waals surface area contributed by atoms with Gasteiger partial charge in [-0.25, -0.2) is 9.78 Å². The van der Waals surface area contributed by atoms with Crippen molar-refractivity contribution < 1.29 is 32.6 Å². The number of rotatable bonds is 9. The number of hydrogen-bond donors (Lipinski definition) is 4. The first-order valence-electron chi connectivity index (χ1n) is 11.9. The topological polar surface area (TPSA) is 137 Å². The zero-order chi connectivity index (χ0) is 27.3. The van der Waals surface area contributed by atoms with Crippen LogP contribution in [0, 0.1) is 17.8 Å². The van der Waals surface area contributed by atoms with E-state index in [-0.39, 0.29) is 17.4 Å². The number of ether oxygens (including phenoxy) is 1. The van der Waals surface area contributed by atoms with Crippen LogP contribution in [0.2, 0.25) is 0 Å². The molecule has 1 aliphatic heterocycles. The first-order valence-corrected chi connectivity index (χ1v) is 11.9. The number of carbonyl (C=O) groups is 2. The highest BCUT2D eigenvalue weighted by molar-refractivity contribution is 5.91. The van der Waals surface area contributed by atoms with Gasteiger partial charge in [0.05, 0.1) is 25.3 Å². The molecule has 1 amide bonds. The van der Waals surface area contributed by atoms with Crippen LogP contribution in [0.3, 0.4) is 0 Å². The van der Waals surface area contributed by atoms with E-state index in [0.29, 0.717) is 36.7 Å². The highest BCUT2D eigenvalue weighted by Gasteiger charge is 2.54. The van der Waals surface area contributed by atoms with E-state index in [9.17, 15) is 22.8 Å². The van der Waals surface area contributed by atoms with Crippen LogP contribution >= 0.6 is 0 Å². The zero-order valence-corrected chi connectivity index (χ0v) is 20.5. The van der Waals surface area contributed by atoms with Crippen LogP contribution in [0.4, 0.5) is 19.0 Å². The van der Waals surface area contributed by atoms with Crippen molar-refractivity contribution in [3.05, 3.63) is 60.3 Å². The summed E-state index contributed by atoms with van der Waals surface area (Å²) in [4.78, 5) is 30.3. The molecule has 11 nitrogen and oxygen atoms in total. The fourth-order valence-corrected chi connectivity index (χ4v) is 4.66. The Morgan fingerprint density at radius 1 is 1.24 bits per heavy atom. The molecule has 0 radical (unpaired) electrons. The highest BCUT2D eigenvalue weighted by Crippen LogP contribution is 2.51. The predicted molar refractivity (Wildman–Crippen MR) is 129 cm³/mol. The van der Waals surface area contributed by atoms with Crippen LogP contribution in [0.5, 0.6) is 5.75 Å². The number of aryl methyl sites for hydroxylation is 1. The Hall–Kier alpha value is -3.91. The minimum Gasteiger partial charge on any atom is -0.477 e. The number of carboxylic acid groups (broad SMARTS) is 1. The summed E-state index contributed by atoms with van der Waals surface area (Å²) in [5.41, 5.74) is 0.862. The number of carboxylic acids is 1. The number of amides is 1. The van der Waals surface area contributed by atoms with Crippen molar-refractivity contribution in [3.63, 3.8) is 0 Å². The van der Waals surface area contributed by atoms with Gasteiger partial charge in [0, 0.05) is 32.7 Å². The summed E-state index contributed by atoms with van der Waals surface area (Å²) in [7, 11) is 1.78. The number of imidazole rings is 1. The van der Waals surface area contributed by atoms with Crippen molar-refractivity contribution in [1.29, 1.82) is 0 Å². The minimum absolute atomic E-state index is 0.0458. The molecule has 2 aromatic heterocycles. The molecule has 3 aromatic rings. The third kappa shape index (κ3) is 7.55. The molecule has 14 heteroatoms. The second-order valence-corrected chi connectivity index (χ2v) is 9.17. The van der Waals surface area contributed by atoms with Crippen LogP contribution in [-0.4, -0.2) is 74.2 Å². The molecule has 204 valence electrons. The number of piperidine rings is 1. The average Bonchev–Trinajstić information content (AvgIpc) is 3.33. The van der Waals surface area contributed by atoms with Gasteiger partial charge in [-0.05, 0) is 42.0 Å². The molecular formula is C24H28F3N7O4. The average molecular weight is 536 g/mol. The molecular weight excluding hydrogens is 507 g/mol. The van der Waals surface area contributed by atoms with Crippen LogP contribution in [-0.2, 0) is 18.4 Å². The first-order chi connectivity index (χ1) is 18.1. The maximum absolute atomic E-state index is 12.3. The predicted octanol–water partition coefficient (Wildman–Crippen LogP) is 2.33.